The molecule has 0 saturated heterocycles. The van der Waals surface area contributed by atoms with Crippen molar-refractivity contribution in [2.75, 3.05) is 13.1 Å². The molecular weight excluding hydrogens is 582 g/mol. The van der Waals surface area contributed by atoms with Crippen LogP contribution >= 0.6 is 0 Å². The van der Waals surface area contributed by atoms with Crippen LogP contribution in [0.4, 0.5) is 0 Å². The summed E-state index contributed by atoms with van der Waals surface area (Å²) < 4.78 is 0. The fraction of sp³-hybridized carbons (Fsp3) is 0.517. The van der Waals surface area contributed by atoms with Crippen LogP contribution in [0.25, 0.3) is 10.9 Å². The van der Waals surface area contributed by atoms with Gasteiger partial charge in [0.05, 0.1) is 6.04 Å². The first-order valence-corrected chi connectivity index (χ1v) is 14.8. The Hall–Kier alpha value is -4.86. The molecule has 2 rings (SSSR count). The maximum Gasteiger partial charge on any atom is 0.326 e. The van der Waals surface area contributed by atoms with Crippen LogP contribution in [0.15, 0.2) is 40.4 Å². The molecule has 0 saturated carbocycles. The number of carboxylic acids is 1. The van der Waals surface area contributed by atoms with Crippen molar-refractivity contribution in [2.24, 2.45) is 44.6 Å². The predicted molar refractivity (Wildman–Crippen MR) is 173 cm³/mol. The van der Waals surface area contributed by atoms with Gasteiger partial charge in [-0.05, 0) is 49.7 Å². The van der Waals surface area contributed by atoms with Crippen LogP contribution in [-0.4, -0.2) is 83.0 Å². The molecule has 16 heteroatoms. The standard InChI is InChI=1S/C29H47N11O5/c1-16(2)13-19(30)24(41)40-23(14-17-15-37-20-8-4-3-7-18(17)20)26(43)38-21(9-5-11-35-28(31)32)25(42)39-22(27(44)45)10-6-12-36-29(33)34/h3-4,7-8,15-16,19,21-23,37H,5-6,9-14,30H2,1-2H3,(H,38,43)(H,39,42)(H,40,41)(H,44,45)(H4,31,32,35)(H4,33,34,36). The lowest BCUT2D eigenvalue weighted by molar-refractivity contribution is -0.142. The number of hydrogen-bond acceptors (Lipinski definition) is 7. The van der Waals surface area contributed by atoms with Gasteiger partial charge in [0.25, 0.3) is 0 Å². The number of nitrogens with zero attached hydrogens (tertiary/aromatic N) is 2. The van der Waals surface area contributed by atoms with Gasteiger partial charge >= 0.3 is 5.97 Å². The summed E-state index contributed by atoms with van der Waals surface area (Å²) in [6.07, 6.45) is 2.95. The molecule has 15 N–H and O–H groups in total. The van der Waals surface area contributed by atoms with E-state index in [9.17, 15) is 24.3 Å². The van der Waals surface area contributed by atoms with Crippen molar-refractivity contribution in [1.82, 2.24) is 20.9 Å². The van der Waals surface area contributed by atoms with Gasteiger partial charge in [0.1, 0.15) is 18.1 Å². The molecule has 4 unspecified atom stereocenters. The number of carbonyl (C=O) groups excluding carboxylic acids is 3. The van der Waals surface area contributed by atoms with E-state index < -0.39 is 47.9 Å². The predicted octanol–water partition coefficient (Wildman–Crippen LogP) is -1.27. The van der Waals surface area contributed by atoms with Crippen LogP contribution in [0.5, 0.6) is 0 Å². The lowest BCUT2D eigenvalue weighted by Gasteiger charge is -2.25. The van der Waals surface area contributed by atoms with Crippen LogP contribution in [0, 0.1) is 5.92 Å². The SMILES string of the molecule is CC(C)CC(N)C(=O)NC(Cc1c[nH]c2ccccc12)C(=O)NC(CCCN=C(N)N)C(=O)NC(CCCN=C(N)N)C(=O)O. The Bertz CT molecular complexity index is 1350. The maximum atomic E-state index is 13.8. The monoisotopic (exact) mass is 629 g/mol. The molecule has 0 aliphatic heterocycles. The average molecular weight is 630 g/mol. The van der Waals surface area contributed by atoms with E-state index in [0.29, 0.717) is 6.42 Å². The molecule has 0 spiro atoms. The number of aromatic amines is 1. The van der Waals surface area contributed by atoms with E-state index >= 15 is 0 Å². The number of amides is 3. The Balaban J connectivity index is 2.30. The van der Waals surface area contributed by atoms with E-state index in [0.717, 1.165) is 16.5 Å². The van der Waals surface area contributed by atoms with Crippen LogP contribution < -0.4 is 44.6 Å². The third-order valence-corrected chi connectivity index (χ3v) is 6.93. The van der Waals surface area contributed by atoms with E-state index in [1.807, 2.05) is 38.1 Å². The van der Waals surface area contributed by atoms with Crippen molar-refractivity contribution >= 4 is 46.5 Å². The fourth-order valence-electron chi connectivity index (χ4n) is 4.70. The second-order valence-electron chi connectivity index (χ2n) is 11.2. The van der Waals surface area contributed by atoms with E-state index in [1.54, 1.807) is 6.20 Å². The highest BCUT2D eigenvalue weighted by atomic mass is 16.4. The first-order valence-electron chi connectivity index (χ1n) is 14.8. The molecule has 0 aliphatic carbocycles. The maximum absolute atomic E-state index is 13.8. The summed E-state index contributed by atoms with van der Waals surface area (Å²) in [5, 5.41) is 18.5. The largest absolute Gasteiger partial charge is 0.480 e. The second-order valence-corrected chi connectivity index (χ2v) is 11.2. The number of benzene rings is 1. The molecule has 16 nitrogen and oxygen atoms in total. The Kier molecular flexibility index (Phi) is 14.6. The van der Waals surface area contributed by atoms with E-state index in [4.69, 9.17) is 28.7 Å². The third kappa shape index (κ3) is 12.7. The molecule has 1 heterocycles. The number of para-hydroxylation sites is 1. The molecule has 0 aliphatic rings. The fourth-order valence-corrected chi connectivity index (χ4v) is 4.70. The van der Waals surface area contributed by atoms with Gasteiger partial charge in [0, 0.05) is 36.6 Å². The molecule has 4 atom stereocenters. The van der Waals surface area contributed by atoms with E-state index in [2.05, 4.69) is 30.9 Å². The number of hydrogen-bond donors (Lipinski definition) is 10. The Labute approximate surface area is 262 Å². The van der Waals surface area contributed by atoms with E-state index in [-0.39, 0.29) is 63.0 Å². The summed E-state index contributed by atoms with van der Waals surface area (Å²) in [6, 6.07) is 3.13. The van der Waals surface area contributed by atoms with Crippen molar-refractivity contribution in [3.05, 3.63) is 36.0 Å². The van der Waals surface area contributed by atoms with Crippen molar-refractivity contribution in [2.45, 2.75) is 76.5 Å². The van der Waals surface area contributed by atoms with Gasteiger partial charge in [-0.2, -0.15) is 0 Å². The van der Waals surface area contributed by atoms with E-state index in [1.165, 1.54) is 0 Å². The zero-order valence-corrected chi connectivity index (χ0v) is 25.8. The summed E-state index contributed by atoms with van der Waals surface area (Å²) in [7, 11) is 0. The van der Waals surface area contributed by atoms with Gasteiger partial charge < -0.3 is 54.7 Å². The first kappa shape index (κ1) is 36.3. The number of aromatic nitrogens is 1. The highest BCUT2D eigenvalue weighted by molar-refractivity contribution is 5.95. The van der Waals surface area contributed by atoms with Crippen LogP contribution in [0.1, 0.15) is 51.5 Å². The zero-order chi connectivity index (χ0) is 33.5. The van der Waals surface area contributed by atoms with Crippen molar-refractivity contribution < 1.29 is 24.3 Å². The van der Waals surface area contributed by atoms with Crippen molar-refractivity contribution in [3.63, 3.8) is 0 Å². The summed E-state index contributed by atoms with van der Waals surface area (Å²) in [4.78, 5) is 63.0. The number of aliphatic carboxylic acids is 1. The Morgan fingerprint density at radius 1 is 0.822 bits per heavy atom. The molecule has 45 heavy (non-hydrogen) atoms. The highest BCUT2D eigenvalue weighted by Gasteiger charge is 2.31. The lowest BCUT2D eigenvalue weighted by Crippen LogP contribution is -2.57. The highest BCUT2D eigenvalue weighted by Crippen LogP contribution is 2.19. The number of carboxylic acid groups (broad SMARTS) is 1. The molecule has 1 aromatic heterocycles. The Morgan fingerprint density at radius 2 is 1.36 bits per heavy atom. The quantitative estimate of drug-likeness (QED) is 0.0499. The van der Waals surface area contributed by atoms with Crippen molar-refractivity contribution in [1.29, 1.82) is 0 Å². The smallest absolute Gasteiger partial charge is 0.326 e. The average Bonchev–Trinajstić information content (AvgIpc) is 3.37. The molecule has 0 fully saturated rings. The number of nitrogens with one attached hydrogen (secondary N) is 4. The number of guanidine groups is 2. The summed E-state index contributed by atoms with van der Waals surface area (Å²) in [5.41, 5.74) is 29.2. The number of nitrogens with two attached hydrogens (primary N) is 5. The molecule has 3 amide bonds. The second kappa shape index (κ2) is 18.1. The topological polar surface area (TPSA) is 295 Å². The zero-order valence-electron chi connectivity index (χ0n) is 25.8. The van der Waals surface area contributed by atoms with Crippen LogP contribution in [0.3, 0.4) is 0 Å². The normalized spacial score (nSPS) is 13.7. The minimum absolute atomic E-state index is 0.0412. The van der Waals surface area contributed by atoms with Gasteiger partial charge in [0.2, 0.25) is 17.7 Å². The number of carbonyl (C=O) groups is 4. The molecule has 2 aromatic rings. The molecule has 0 bridgehead atoms. The van der Waals surface area contributed by atoms with Gasteiger partial charge in [-0.25, -0.2) is 4.79 Å². The molecule has 0 radical (unpaired) electrons. The number of rotatable bonds is 19. The first-order chi connectivity index (χ1) is 21.3. The minimum atomic E-state index is -1.26. The summed E-state index contributed by atoms with van der Waals surface area (Å²) in [5.74, 6) is -3.26. The van der Waals surface area contributed by atoms with Gasteiger partial charge in [0.15, 0.2) is 11.9 Å². The molecular formula is C29H47N11O5. The number of fused-ring (bicyclic) bond motifs is 1. The Morgan fingerprint density at radius 3 is 1.93 bits per heavy atom. The summed E-state index contributed by atoms with van der Waals surface area (Å²) in [6.45, 7) is 4.21. The summed E-state index contributed by atoms with van der Waals surface area (Å²) >= 11 is 0. The lowest BCUT2D eigenvalue weighted by atomic mass is 10.0. The van der Waals surface area contributed by atoms with Crippen LogP contribution in [-0.2, 0) is 25.6 Å². The van der Waals surface area contributed by atoms with Gasteiger partial charge in [-0.3, -0.25) is 24.4 Å². The van der Waals surface area contributed by atoms with Crippen molar-refractivity contribution in [3.8, 4) is 0 Å². The number of aliphatic imine (C=N–C) groups is 2. The molecule has 1 aromatic carbocycles. The number of H-pyrrole nitrogens is 1. The van der Waals surface area contributed by atoms with Crippen LogP contribution in [0.2, 0.25) is 0 Å². The third-order valence-electron chi connectivity index (χ3n) is 6.93. The minimum Gasteiger partial charge on any atom is -0.480 e. The molecule has 248 valence electrons. The van der Waals surface area contributed by atoms with Gasteiger partial charge in [-0.1, -0.05) is 32.0 Å². The van der Waals surface area contributed by atoms with Gasteiger partial charge in [-0.15, -0.1) is 0 Å².